The summed E-state index contributed by atoms with van der Waals surface area (Å²) >= 11 is 0. The summed E-state index contributed by atoms with van der Waals surface area (Å²) in [7, 11) is 0. The highest BCUT2D eigenvalue weighted by molar-refractivity contribution is 5.98. The lowest BCUT2D eigenvalue weighted by Crippen LogP contribution is -2.43. The Morgan fingerprint density at radius 1 is 1.19 bits per heavy atom. The monoisotopic (exact) mass is 380 g/mol. The Labute approximate surface area is 160 Å². The number of carbonyl (C=O) groups is 1. The van der Waals surface area contributed by atoms with Gasteiger partial charge in [0.1, 0.15) is 18.0 Å². The number of ether oxygens (including phenoxy) is 2. The molecule has 1 heterocycles. The van der Waals surface area contributed by atoms with Crippen molar-refractivity contribution in [1.82, 2.24) is 4.90 Å². The number of piperidine rings is 1. The molecule has 0 aromatic heterocycles. The van der Waals surface area contributed by atoms with E-state index in [-0.39, 0.29) is 18.0 Å². The second kappa shape index (κ2) is 9.69. The van der Waals surface area contributed by atoms with Crippen LogP contribution in [0, 0.1) is 5.82 Å². The molecule has 27 heavy (non-hydrogen) atoms. The number of hydrogen-bond acceptors (Lipinski definition) is 5. The molecule has 1 aliphatic rings. The predicted octanol–water partition coefficient (Wildman–Crippen LogP) is 3.98. The Kier molecular flexibility index (Phi) is 7.59. The third kappa shape index (κ3) is 7.54. The molecule has 1 amide bonds. The molecule has 2 rings (SSSR count). The van der Waals surface area contributed by atoms with Crippen LogP contribution in [-0.2, 0) is 14.3 Å². The fourth-order valence-corrected chi connectivity index (χ4v) is 2.67. The van der Waals surface area contributed by atoms with Crippen LogP contribution in [0.5, 0.6) is 0 Å². The molecular formula is C20H29FN2O4. The van der Waals surface area contributed by atoms with E-state index in [9.17, 15) is 9.18 Å². The average Bonchev–Trinajstić information content (AvgIpc) is 2.61. The van der Waals surface area contributed by atoms with Gasteiger partial charge in [-0.15, -0.1) is 0 Å². The van der Waals surface area contributed by atoms with Crippen molar-refractivity contribution in [3.8, 4) is 0 Å². The van der Waals surface area contributed by atoms with Gasteiger partial charge >= 0.3 is 6.09 Å². The number of rotatable bonds is 6. The molecular weight excluding hydrogens is 351 g/mol. The van der Waals surface area contributed by atoms with E-state index in [1.54, 1.807) is 24.0 Å². The summed E-state index contributed by atoms with van der Waals surface area (Å²) in [5.41, 5.74) is 1.02. The number of oxime groups is 1. The van der Waals surface area contributed by atoms with Crippen molar-refractivity contribution in [2.45, 2.75) is 52.2 Å². The van der Waals surface area contributed by atoms with Crippen molar-refractivity contribution in [2.24, 2.45) is 5.16 Å². The maximum atomic E-state index is 12.9. The lowest BCUT2D eigenvalue weighted by molar-refractivity contribution is -0.0287. The lowest BCUT2D eigenvalue weighted by atomic mass is 10.1. The van der Waals surface area contributed by atoms with E-state index in [1.165, 1.54) is 12.1 Å². The predicted molar refractivity (Wildman–Crippen MR) is 101 cm³/mol. The summed E-state index contributed by atoms with van der Waals surface area (Å²) in [6.45, 7) is 9.41. The normalized spacial score (nSPS) is 16.3. The summed E-state index contributed by atoms with van der Waals surface area (Å²) in [6.07, 6.45) is 1.39. The zero-order valence-electron chi connectivity index (χ0n) is 16.5. The van der Waals surface area contributed by atoms with Gasteiger partial charge in [0.2, 0.25) is 0 Å². The minimum Gasteiger partial charge on any atom is -0.444 e. The summed E-state index contributed by atoms with van der Waals surface area (Å²) < 4.78 is 24.1. The van der Waals surface area contributed by atoms with E-state index in [0.717, 1.165) is 18.4 Å². The van der Waals surface area contributed by atoms with Gasteiger partial charge in [0.15, 0.2) is 0 Å². The number of halogens is 1. The molecule has 0 bridgehead atoms. The summed E-state index contributed by atoms with van der Waals surface area (Å²) in [5.74, 6) is -0.279. The lowest BCUT2D eigenvalue weighted by Gasteiger charge is -2.33. The second-order valence-corrected chi connectivity index (χ2v) is 7.55. The second-order valence-electron chi connectivity index (χ2n) is 7.55. The Morgan fingerprint density at radius 2 is 1.81 bits per heavy atom. The Morgan fingerprint density at radius 3 is 2.41 bits per heavy atom. The standard InChI is InChI=1S/C20H29FN2O4/c1-15(16-5-7-17(21)8-6-16)22-26-14-13-25-18-9-11-23(12-10-18)19(24)27-20(2,3)4/h5-8,18H,9-14H2,1-4H3. The Bertz CT molecular complexity index is 632. The molecule has 0 saturated carbocycles. The Balaban J connectivity index is 1.62. The van der Waals surface area contributed by atoms with Gasteiger partial charge < -0.3 is 19.2 Å². The zero-order valence-corrected chi connectivity index (χ0v) is 16.5. The van der Waals surface area contributed by atoms with E-state index in [0.29, 0.717) is 32.0 Å². The van der Waals surface area contributed by atoms with Crippen molar-refractivity contribution in [3.05, 3.63) is 35.6 Å². The van der Waals surface area contributed by atoms with Crippen LogP contribution >= 0.6 is 0 Å². The van der Waals surface area contributed by atoms with E-state index >= 15 is 0 Å². The van der Waals surface area contributed by atoms with Crippen molar-refractivity contribution in [1.29, 1.82) is 0 Å². The van der Waals surface area contributed by atoms with Gasteiger partial charge in [0, 0.05) is 13.1 Å². The van der Waals surface area contributed by atoms with Crippen molar-refractivity contribution < 1.29 is 23.5 Å². The van der Waals surface area contributed by atoms with Gasteiger partial charge in [0.25, 0.3) is 0 Å². The highest BCUT2D eigenvalue weighted by Gasteiger charge is 2.27. The van der Waals surface area contributed by atoms with Crippen molar-refractivity contribution in [3.63, 3.8) is 0 Å². The quantitative estimate of drug-likeness (QED) is 0.425. The minimum atomic E-state index is -0.478. The van der Waals surface area contributed by atoms with Crippen LogP contribution in [-0.4, -0.2) is 54.7 Å². The van der Waals surface area contributed by atoms with Gasteiger partial charge in [0.05, 0.1) is 18.4 Å². The van der Waals surface area contributed by atoms with Crippen molar-refractivity contribution >= 4 is 11.8 Å². The SMILES string of the molecule is CC(=NOCCOC1CCN(C(=O)OC(C)(C)C)CC1)c1ccc(F)cc1. The smallest absolute Gasteiger partial charge is 0.410 e. The van der Waals surface area contributed by atoms with Crippen LogP contribution in [0.4, 0.5) is 9.18 Å². The number of hydrogen-bond donors (Lipinski definition) is 0. The van der Waals surface area contributed by atoms with Gasteiger partial charge in [-0.05, 0) is 58.2 Å². The van der Waals surface area contributed by atoms with Crippen molar-refractivity contribution in [2.75, 3.05) is 26.3 Å². The van der Waals surface area contributed by atoms with E-state index in [2.05, 4.69) is 5.16 Å². The summed E-state index contributed by atoms with van der Waals surface area (Å²) in [5, 5.41) is 4.02. The first-order valence-electron chi connectivity index (χ1n) is 9.26. The van der Waals surface area contributed by atoms with Gasteiger partial charge in [-0.3, -0.25) is 0 Å². The number of amides is 1. The third-order valence-corrected chi connectivity index (χ3v) is 4.09. The highest BCUT2D eigenvalue weighted by atomic mass is 19.1. The fourth-order valence-electron chi connectivity index (χ4n) is 2.67. The molecule has 0 aliphatic carbocycles. The van der Waals surface area contributed by atoms with E-state index < -0.39 is 5.60 Å². The molecule has 1 fully saturated rings. The molecule has 0 radical (unpaired) electrons. The summed E-state index contributed by atoms with van der Waals surface area (Å²) in [6, 6.07) is 6.10. The molecule has 150 valence electrons. The van der Waals surface area contributed by atoms with Gasteiger partial charge in [-0.1, -0.05) is 17.3 Å². The van der Waals surface area contributed by atoms with E-state index in [1.807, 2.05) is 20.8 Å². The van der Waals surface area contributed by atoms with Gasteiger partial charge in [-0.2, -0.15) is 0 Å². The first kappa shape index (κ1) is 21.2. The molecule has 1 aromatic rings. The van der Waals surface area contributed by atoms with Gasteiger partial charge in [-0.25, -0.2) is 9.18 Å². The average molecular weight is 380 g/mol. The topological polar surface area (TPSA) is 60.4 Å². The van der Waals surface area contributed by atoms with E-state index in [4.69, 9.17) is 14.3 Å². The number of likely N-dealkylation sites (tertiary alicyclic amines) is 1. The molecule has 6 nitrogen and oxygen atoms in total. The molecule has 1 saturated heterocycles. The zero-order chi connectivity index (χ0) is 19.9. The first-order chi connectivity index (χ1) is 12.7. The Hall–Kier alpha value is -2.15. The van der Waals surface area contributed by atoms with Crippen LogP contribution in [0.1, 0.15) is 46.1 Å². The summed E-state index contributed by atoms with van der Waals surface area (Å²) in [4.78, 5) is 19.0. The largest absolute Gasteiger partial charge is 0.444 e. The van der Waals surface area contributed by atoms with Crippen LogP contribution in [0.2, 0.25) is 0 Å². The number of benzene rings is 1. The van der Waals surface area contributed by atoms with Crippen LogP contribution in [0.25, 0.3) is 0 Å². The third-order valence-electron chi connectivity index (χ3n) is 4.09. The van der Waals surface area contributed by atoms with Crippen LogP contribution in [0.15, 0.2) is 29.4 Å². The maximum absolute atomic E-state index is 12.9. The number of carbonyl (C=O) groups excluding carboxylic acids is 1. The molecule has 0 spiro atoms. The first-order valence-corrected chi connectivity index (χ1v) is 9.26. The molecule has 0 unspecified atom stereocenters. The molecule has 0 atom stereocenters. The fraction of sp³-hybridized carbons (Fsp3) is 0.600. The number of nitrogens with zero attached hydrogens (tertiary/aromatic N) is 2. The molecule has 1 aromatic carbocycles. The molecule has 7 heteroatoms. The maximum Gasteiger partial charge on any atom is 0.410 e. The highest BCUT2D eigenvalue weighted by Crippen LogP contribution is 2.17. The minimum absolute atomic E-state index is 0.106. The molecule has 0 N–H and O–H groups in total. The van der Waals surface area contributed by atoms with Crippen LogP contribution in [0.3, 0.4) is 0 Å². The van der Waals surface area contributed by atoms with Crippen LogP contribution < -0.4 is 0 Å². The molecule has 1 aliphatic heterocycles.